The summed E-state index contributed by atoms with van der Waals surface area (Å²) in [6.45, 7) is 2.59. The maximum absolute atomic E-state index is 12.4. The summed E-state index contributed by atoms with van der Waals surface area (Å²) in [6, 6.07) is 6.44. The van der Waals surface area contributed by atoms with Crippen LogP contribution in [0.25, 0.3) is 0 Å². The molecule has 1 aromatic rings. The number of hydrogen-bond acceptors (Lipinski definition) is 4. The fraction of sp³-hybridized carbons (Fsp3) is 0.609. The van der Waals surface area contributed by atoms with Crippen molar-refractivity contribution in [1.82, 2.24) is 10.6 Å². The molecule has 5 N–H and O–H groups in total. The van der Waals surface area contributed by atoms with E-state index in [9.17, 15) is 19.5 Å². The Labute approximate surface area is 179 Å². The number of hydrogen-bond donors (Lipinski definition) is 4. The second-order valence-corrected chi connectivity index (χ2v) is 7.63. The van der Waals surface area contributed by atoms with Crippen molar-refractivity contribution >= 4 is 17.8 Å². The minimum Gasteiger partial charge on any atom is -0.480 e. The summed E-state index contributed by atoms with van der Waals surface area (Å²) in [4.78, 5) is 34.9. The van der Waals surface area contributed by atoms with E-state index in [-0.39, 0.29) is 18.4 Å². The molecule has 0 aliphatic heterocycles. The first-order valence-corrected chi connectivity index (χ1v) is 11.1. The smallest absolute Gasteiger partial charge is 0.326 e. The molecule has 0 saturated carbocycles. The summed E-state index contributed by atoms with van der Waals surface area (Å²) in [5, 5.41) is 14.6. The van der Waals surface area contributed by atoms with Gasteiger partial charge in [-0.3, -0.25) is 9.59 Å². The van der Waals surface area contributed by atoms with Crippen LogP contribution in [0.3, 0.4) is 0 Å². The number of nitrogens with two attached hydrogens (primary N) is 1. The molecule has 0 heterocycles. The Morgan fingerprint density at radius 2 is 1.63 bits per heavy atom. The van der Waals surface area contributed by atoms with Gasteiger partial charge in [0.05, 0.1) is 6.54 Å². The quantitative estimate of drug-likeness (QED) is 0.307. The molecule has 1 rings (SSSR count). The van der Waals surface area contributed by atoms with E-state index in [1.807, 2.05) is 12.1 Å². The Kier molecular flexibility index (Phi) is 13.2. The Balaban J connectivity index is 2.38. The Bertz CT molecular complexity index is 646. The molecule has 30 heavy (non-hydrogen) atoms. The van der Waals surface area contributed by atoms with Gasteiger partial charge in [0.2, 0.25) is 5.91 Å². The molecule has 7 nitrogen and oxygen atoms in total. The average Bonchev–Trinajstić information content (AvgIpc) is 2.75. The van der Waals surface area contributed by atoms with Crippen LogP contribution in [0.4, 0.5) is 0 Å². The van der Waals surface area contributed by atoms with E-state index in [4.69, 9.17) is 5.73 Å². The minimum atomic E-state index is -1.06. The predicted molar refractivity (Wildman–Crippen MR) is 118 cm³/mol. The second-order valence-electron chi connectivity index (χ2n) is 7.63. The molecule has 0 spiro atoms. The van der Waals surface area contributed by atoms with E-state index in [1.165, 1.54) is 37.7 Å². The first-order chi connectivity index (χ1) is 14.5. The lowest BCUT2D eigenvalue weighted by molar-refractivity contribution is -0.139. The Morgan fingerprint density at radius 3 is 2.27 bits per heavy atom. The van der Waals surface area contributed by atoms with Gasteiger partial charge in [-0.15, -0.1) is 0 Å². The number of carbonyl (C=O) groups excluding carboxylic acids is 2. The molecule has 2 amide bonds. The summed E-state index contributed by atoms with van der Waals surface area (Å²) >= 11 is 0. The number of unbranched alkanes of at least 4 members (excludes halogenated alkanes) is 6. The second kappa shape index (κ2) is 15.4. The number of rotatable bonds is 16. The topological polar surface area (TPSA) is 122 Å². The summed E-state index contributed by atoms with van der Waals surface area (Å²) in [5.41, 5.74) is 6.86. The number of carboxylic acid groups (broad SMARTS) is 1. The highest BCUT2D eigenvalue weighted by Gasteiger charge is 2.20. The van der Waals surface area contributed by atoms with Crippen LogP contribution in [-0.2, 0) is 16.0 Å². The zero-order valence-corrected chi connectivity index (χ0v) is 18.1. The molecule has 1 atom stereocenters. The molecular weight excluding hydrogens is 382 g/mol. The first-order valence-electron chi connectivity index (χ1n) is 11.1. The number of carboxylic acids is 1. The van der Waals surface area contributed by atoms with E-state index >= 15 is 0 Å². The normalized spacial score (nSPS) is 11.7. The van der Waals surface area contributed by atoms with Gasteiger partial charge in [-0.2, -0.15) is 0 Å². The van der Waals surface area contributed by atoms with E-state index in [1.54, 1.807) is 12.1 Å². The van der Waals surface area contributed by atoms with E-state index in [2.05, 4.69) is 17.6 Å². The van der Waals surface area contributed by atoms with Crippen LogP contribution >= 0.6 is 0 Å². The lowest BCUT2D eigenvalue weighted by atomic mass is 10.0. The van der Waals surface area contributed by atoms with E-state index in [0.29, 0.717) is 31.4 Å². The van der Waals surface area contributed by atoms with Crippen molar-refractivity contribution in [2.75, 3.05) is 13.1 Å². The third-order valence-electron chi connectivity index (χ3n) is 5.07. The van der Waals surface area contributed by atoms with Crippen molar-refractivity contribution in [3.8, 4) is 0 Å². The van der Waals surface area contributed by atoms with Crippen LogP contribution in [0.5, 0.6) is 0 Å². The molecule has 0 bridgehead atoms. The Hall–Kier alpha value is -2.41. The van der Waals surface area contributed by atoms with Gasteiger partial charge in [0, 0.05) is 12.1 Å². The molecule has 0 saturated heterocycles. The molecular formula is C23H37N3O4. The van der Waals surface area contributed by atoms with Gasteiger partial charge in [-0.1, -0.05) is 51.2 Å². The highest BCUT2D eigenvalue weighted by atomic mass is 16.4. The molecule has 1 aromatic carbocycles. The molecule has 168 valence electrons. The molecule has 0 aliphatic rings. The lowest BCUT2D eigenvalue weighted by Crippen LogP contribution is -2.40. The van der Waals surface area contributed by atoms with Crippen LogP contribution in [0.1, 0.15) is 80.6 Å². The largest absolute Gasteiger partial charge is 0.480 e. The highest BCUT2D eigenvalue weighted by Crippen LogP contribution is 2.12. The molecule has 0 fully saturated rings. The summed E-state index contributed by atoms with van der Waals surface area (Å²) in [5.74, 6) is -1.68. The number of carbonyl (C=O) groups is 3. The first kappa shape index (κ1) is 25.6. The van der Waals surface area contributed by atoms with Crippen molar-refractivity contribution in [1.29, 1.82) is 0 Å². The lowest BCUT2D eigenvalue weighted by Gasteiger charge is -2.15. The van der Waals surface area contributed by atoms with Crippen molar-refractivity contribution in [2.24, 2.45) is 5.73 Å². The minimum absolute atomic E-state index is 0.0639. The van der Waals surface area contributed by atoms with Gasteiger partial charge < -0.3 is 21.5 Å². The average molecular weight is 420 g/mol. The van der Waals surface area contributed by atoms with Crippen molar-refractivity contribution in [3.05, 3.63) is 35.4 Å². The zero-order valence-electron chi connectivity index (χ0n) is 18.1. The number of aryl methyl sites for hydroxylation is 1. The maximum atomic E-state index is 12.4. The van der Waals surface area contributed by atoms with Crippen molar-refractivity contribution < 1.29 is 19.5 Å². The molecule has 0 unspecified atom stereocenters. The van der Waals surface area contributed by atoms with Crippen LogP contribution in [0.15, 0.2) is 24.3 Å². The number of benzene rings is 1. The van der Waals surface area contributed by atoms with Gasteiger partial charge in [-0.05, 0) is 49.8 Å². The van der Waals surface area contributed by atoms with Gasteiger partial charge in [0.15, 0.2) is 0 Å². The summed E-state index contributed by atoms with van der Waals surface area (Å²) in [7, 11) is 0. The third-order valence-corrected chi connectivity index (χ3v) is 5.07. The maximum Gasteiger partial charge on any atom is 0.326 e. The number of amides is 2. The fourth-order valence-electron chi connectivity index (χ4n) is 3.20. The standard InChI is InChI=1S/C23H37N3O4/c1-2-3-4-5-6-7-10-18-12-14-19(15-13-18)22(28)26-20(23(29)30)11-8-9-16-25-21(27)17-24/h12-15,20H,2-11,16-17,24H2,1H3,(H,25,27)(H,26,28)(H,29,30)/t20-/m0/s1. The molecule has 7 heteroatoms. The SMILES string of the molecule is CCCCCCCCc1ccc(C(=O)N[C@@H](CCCCNC(=O)CN)C(=O)O)cc1. The van der Waals surface area contributed by atoms with Gasteiger partial charge >= 0.3 is 5.97 Å². The molecule has 0 aromatic heterocycles. The molecule has 0 radical (unpaired) electrons. The van der Waals surface area contributed by atoms with Crippen molar-refractivity contribution in [3.63, 3.8) is 0 Å². The number of nitrogens with one attached hydrogen (secondary N) is 2. The van der Waals surface area contributed by atoms with Gasteiger partial charge in [0.25, 0.3) is 5.91 Å². The van der Waals surface area contributed by atoms with Crippen LogP contribution in [0, 0.1) is 0 Å². The van der Waals surface area contributed by atoms with E-state index in [0.717, 1.165) is 12.8 Å². The Morgan fingerprint density at radius 1 is 0.967 bits per heavy atom. The van der Waals surface area contributed by atoms with Crippen LogP contribution in [-0.4, -0.2) is 42.0 Å². The molecule has 0 aliphatic carbocycles. The van der Waals surface area contributed by atoms with E-state index < -0.39 is 12.0 Å². The fourth-order valence-corrected chi connectivity index (χ4v) is 3.20. The van der Waals surface area contributed by atoms with Crippen LogP contribution in [0.2, 0.25) is 0 Å². The van der Waals surface area contributed by atoms with Crippen LogP contribution < -0.4 is 16.4 Å². The van der Waals surface area contributed by atoms with Crippen molar-refractivity contribution in [2.45, 2.75) is 77.2 Å². The zero-order chi connectivity index (χ0) is 22.2. The van der Waals surface area contributed by atoms with Gasteiger partial charge in [-0.25, -0.2) is 4.79 Å². The highest BCUT2D eigenvalue weighted by molar-refractivity contribution is 5.96. The number of aliphatic carboxylic acids is 1. The van der Waals surface area contributed by atoms with Gasteiger partial charge in [0.1, 0.15) is 6.04 Å². The predicted octanol–water partition coefficient (Wildman–Crippen LogP) is 3.02. The monoisotopic (exact) mass is 419 g/mol. The summed E-state index contributed by atoms with van der Waals surface area (Å²) < 4.78 is 0. The third kappa shape index (κ3) is 11.0. The summed E-state index contributed by atoms with van der Waals surface area (Å²) in [6.07, 6.45) is 9.96.